The van der Waals surface area contributed by atoms with Crippen LogP contribution in [0.5, 0.6) is 0 Å². The number of rotatable bonds is 3. The van der Waals surface area contributed by atoms with Crippen molar-refractivity contribution in [3.63, 3.8) is 0 Å². The SMILES string of the molecule is Cc1nc(C2CCCN2Cc2cccc(N)c2)no1. The molecule has 1 aliphatic heterocycles. The van der Waals surface area contributed by atoms with Gasteiger partial charge in [0.2, 0.25) is 5.89 Å². The molecule has 5 heteroatoms. The van der Waals surface area contributed by atoms with Crippen LogP contribution in [-0.2, 0) is 6.54 Å². The van der Waals surface area contributed by atoms with Crippen LogP contribution in [-0.4, -0.2) is 21.6 Å². The van der Waals surface area contributed by atoms with E-state index in [0.29, 0.717) is 5.89 Å². The fourth-order valence-corrected chi connectivity index (χ4v) is 2.68. The number of anilines is 1. The highest BCUT2D eigenvalue weighted by molar-refractivity contribution is 5.40. The molecule has 5 nitrogen and oxygen atoms in total. The zero-order valence-corrected chi connectivity index (χ0v) is 11.0. The van der Waals surface area contributed by atoms with Crippen molar-refractivity contribution in [2.75, 3.05) is 12.3 Å². The van der Waals surface area contributed by atoms with Crippen LogP contribution in [0.15, 0.2) is 28.8 Å². The van der Waals surface area contributed by atoms with Crippen LogP contribution in [0.2, 0.25) is 0 Å². The Labute approximate surface area is 112 Å². The summed E-state index contributed by atoms with van der Waals surface area (Å²) in [5, 5.41) is 4.05. The van der Waals surface area contributed by atoms with Gasteiger partial charge in [0.1, 0.15) is 0 Å². The number of hydrogen-bond donors (Lipinski definition) is 1. The number of hydrogen-bond acceptors (Lipinski definition) is 5. The molecular weight excluding hydrogens is 240 g/mol. The first kappa shape index (κ1) is 12.2. The minimum atomic E-state index is 0.263. The van der Waals surface area contributed by atoms with Crippen LogP contribution in [0.4, 0.5) is 5.69 Å². The predicted molar refractivity (Wildman–Crippen MR) is 72.3 cm³/mol. The quantitative estimate of drug-likeness (QED) is 0.855. The predicted octanol–water partition coefficient (Wildman–Crippen LogP) is 2.30. The number of benzene rings is 1. The Balaban J connectivity index is 1.76. The van der Waals surface area contributed by atoms with Gasteiger partial charge in [-0.1, -0.05) is 17.3 Å². The second kappa shape index (κ2) is 5.01. The molecule has 3 rings (SSSR count). The maximum atomic E-state index is 5.82. The zero-order chi connectivity index (χ0) is 13.2. The Morgan fingerprint density at radius 1 is 1.47 bits per heavy atom. The van der Waals surface area contributed by atoms with Crippen molar-refractivity contribution in [3.05, 3.63) is 41.5 Å². The highest BCUT2D eigenvalue weighted by atomic mass is 16.5. The van der Waals surface area contributed by atoms with E-state index in [4.69, 9.17) is 10.3 Å². The molecule has 0 amide bonds. The monoisotopic (exact) mass is 258 g/mol. The average Bonchev–Trinajstić information content (AvgIpc) is 2.98. The molecule has 0 spiro atoms. The van der Waals surface area contributed by atoms with Gasteiger partial charge in [-0.15, -0.1) is 0 Å². The third-order valence-electron chi connectivity index (χ3n) is 3.54. The van der Waals surface area contributed by atoms with Crippen LogP contribution in [0, 0.1) is 6.92 Å². The largest absolute Gasteiger partial charge is 0.399 e. The molecule has 1 saturated heterocycles. The summed E-state index contributed by atoms with van der Waals surface area (Å²) in [6.45, 7) is 3.77. The summed E-state index contributed by atoms with van der Waals surface area (Å²) in [7, 11) is 0. The summed E-state index contributed by atoms with van der Waals surface area (Å²) < 4.78 is 5.09. The summed E-state index contributed by atoms with van der Waals surface area (Å²) in [6, 6.07) is 8.30. The first-order valence-electron chi connectivity index (χ1n) is 6.61. The van der Waals surface area contributed by atoms with Crippen molar-refractivity contribution >= 4 is 5.69 Å². The molecule has 1 atom stereocenters. The normalized spacial score (nSPS) is 19.9. The molecule has 0 saturated carbocycles. The van der Waals surface area contributed by atoms with E-state index in [0.717, 1.165) is 31.0 Å². The minimum absolute atomic E-state index is 0.263. The van der Waals surface area contributed by atoms with Crippen molar-refractivity contribution in [1.82, 2.24) is 15.0 Å². The van der Waals surface area contributed by atoms with Crippen LogP contribution in [0.1, 0.15) is 36.2 Å². The van der Waals surface area contributed by atoms with Gasteiger partial charge in [0.25, 0.3) is 0 Å². The molecule has 1 aromatic heterocycles. The third-order valence-corrected chi connectivity index (χ3v) is 3.54. The van der Waals surface area contributed by atoms with Crippen LogP contribution in [0.3, 0.4) is 0 Å². The van der Waals surface area contributed by atoms with Crippen LogP contribution < -0.4 is 5.73 Å². The molecule has 0 radical (unpaired) electrons. The van der Waals surface area contributed by atoms with Crippen molar-refractivity contribution in [2.24, 2.45) is 0 Å². The van der Waals surface area contributed by atoms with E-state index in [-0.39, 0.29) is 6.04 Å². The summed E-state index contributed by atoms with van der Waals surface area (Å²) in [4.78, 5) is 6.75. The number of nitrogen functional groups attached to an aromatic ring is 1. The minimum Gasteiger partial charge on any atom is -0.399 e. The van der Waals surface area contributed by atoms with Gasteiger partial charge in [0, 0.05) is 19.2 Å². The van der Waals surface area contributed by atoms with E-state index in [1.807, 2.05) is 25.1 Å². The Morgan fingerprint density at radius 3 is 3.11 bits per heavy atom. The van der Waals surface area contributed by atoms with Gasteiger partial charge < -0.3 is 10.3 Å². The maximum absolute atomic E-state index is 5.82. The summed E-state index contributed by atoms with van der Waals surface area (Å²) in [5.74, 6) is 1.43. The number of nitrogens with zero attached hydrogens (tertiary/aromatic N) is 3. The van der Waals surface area contributed by atoms with Gasteiger partial charge in [-0.05, 0) is 37.1 Å². The van der Waals surface area contributed by atoms with Gasteiger partial charge in [0.05, 0.1) is 6.04 Å². The fourth-order valence-electron chi connectivity index (χ4n) is 2.68. The molecule has 1 aromatic carbocycles. The maximum Gasteiger partial charge on any atom is 0.223 e. The van der Waals surface area contributed by atoms with E-state index >= 15 is 0 Å². The Bertz CT molecular complexity index is 566. The van der Waals surface area contributed by atoms with Gasteiger partial charge in [-0.25, -0.2) is 0 Å². The summed E-state index contributed by atoms with van der Waals surface area (Å²) >= 11 is 0. The van der Waals surface area contributed by atoms with Gasteiger partial charge in [-0.2, -0.15) is 4.98 Å². The van der Waals surface area contributed by atoms with Crippen molar-refractivity contribution in [1.29, 1.82) is 0 Å². The Kier molecular flexibility index (Phi) is 3.21. The molecule has 1 unspecified atom stereocenters. The Morgan fingerprint density at radius 2 is 2.37 bits per heavy atom. The Hall–Kier alpha value is -1.88. The third kappa shape index (κ3) is 2.61. The van der Waals surface area contributed by atoms with Gasteiger partial charge in [-0.3, -0.25) is 4.90 Å². The molecule has 0 bridgehead atoms. The molecule has 2 heterocycles. The number of aryl methyl sites for hydroxylation is 1. The second-order valence-corrected chi connectivity index (χ2v) is 5.05. The molecule has 2 N–H and O–H groups in total. The lowest BCUT2D eigenvalue weighted by Crippen LogP contribution is -2.23. The highest BCUT2D eigenvalue weighted by Gasteiger charge is 2.29. The second-order valence-electron chi connectivity index (χ2n) is 5.05. The number of nitrogens with two attached hydrogens (primary N) is 1. The van der Waals surface area contributed by atoms with Gasteiger partial charge >= 0.3 is 0 Å². The lowest BCUT2D eigenvalue weighted by atomic mass is 10.1. The van der Waals surface area contributed by atoms with Crippen molar-refractivity contribution < 1.29 is 4.52 Å². The molecule has 19 heavy (non-hydrogen) atoms. The fraction of sp³-hybridized carbons (Fsp3) is 0.429. The lowest BCUT2D eigenvalue weighted by molar-refractivity contribution is 0.234. The molecule has 100 valence electrons. The highest BCUT2D eigenvalue weighted by Crippen LogP contribution is 2.31. The van der Waals surface area contributed by atoms with Crippen molar-refractivity contribution in [2.45, 2.75) is 32.4 Å². The van der Waals surface area contributed by atoms with E-state index in [9.17, 15) is 0 Å². The topological polar surface area (TPSA) is 68.2 Å². The smallest absolute Gasteiger partial charge is 0.223 e. The first-order valence-corrected chi connectivity index (χ1v) is 6.61. The average molecular weight is 258 g/mol. The van der Waals surface area contributed by atoms with Crippen molar-refractivity contribution in [3.8, 4) is 0 Å². The first-order chi connectivity index (χ1) is 9.22. The molecule has 1 fully saturated rings. The summed E-state index contributed by atoms with van der Waals surface area (Å²) in [6.07, 6.45) is 2.25. The number of likely N-dealkylation sites (tertiary alicyclic amines) is 1. The van der Waals surface area contributed by atoms with E-state index in [1.54, 1.807) is 0 Å². The molecule has 2 aromatic rings. The summed E-state index contributed by atoms with van der Waals surface area (Å²) in [5.41, 5.74) is 7.86. The van der Waals surface area contributed by atoms with Gasteiger partial charge in [0.15, 0.2) is 5.82 Å². The lowest BCUT2D eigenvalue weighted by Gasteiger charge is -2.21. The van der Waals surface area contributed by atoms with E-state index in [2.05, 4.69) is 21.1 Å². The number of aromatic nitrogens is 2. The standard InChI is InChI=1S/C14H18N4O/c1-10-16-14(17-19-10)13-6-3-7-18(13)9-11-4-2-5-12(15)8-11/h2,4-5,8,13H,3,6-7,9,15H2,1H3. The molecular formula is C14H18N4O. The molecule has 0 aliphatic carbocycles. The van der Waals surface area contributed by atoms with Crippen LogP contribution in [0.25, 0.3) is 0 Å². The van der Waals surface area contributed by atoms with Crippen LogP contribution >= 0.6 is 0 Å². The zero-order valence-electron chi connectivity index (χ0n) is 11.0. The van der Waals surface area contributed by atoms with E-state index < -0.39 is 0 Å². The molecule has 1 aliphatic rings. The van der Waals surface area contributed by atoms with E-state index in [1.165, 1.54) is 12.0 Å².